The summed E-state index contributed by atoms with van der Waals surface area (Å²) in [5.41, 5.74) is 10.9. The van der Waals surface area contributed by atoms with Crippen LogP contribution in [0.3, 0.4) is 0 Å². The van der Waals surface area contributed by atoms with Gasteiger partial charge in [-0.25, -0.2) is 4.39 Å². The molecule has 2 aliphatic rings. The van der Waals surface area contributed by atoms with Crippen LogP contribution >= 0.6 is 0 Å². The maximum Gasteiger partial charge on any atom is 0.260 e. The summed E-state index contributed by atoms with van der Waals surface area (Å²) in [6.07, 6.45) is 1.37. The van der Waals surface area contributed by atoms with Crippen LogP contribution in [0.1, 0.15) is 39.9 Å². The summed E-state index contributed by atoms with van der Waals surface area (Å²) in [6.45, 7) is 1.08. The lowest BCUT2D eigenvalue weighted by Gasteiger charge is -2.38. The molecular weight excluding hydrogens is 505 g/mol. The van der Waals surface area contributed by atoms with E-state index in [0.717, 1.165) is 18.7 Å². The number of amides is 4. The van der Waals surface area contributed by atoms with E-state index in [1.165, 1.54) is 18.1 Å². The molecule has 0 radical (unpaired) electrons. The van der Waals surface area contributed by atoms with Gasteiger partial charge < -0.3 is 26.0 Å². The Morgan fingerprint density at radius 1 is 1.21 bits per heavy atom. The number of piperidine rings is 1. The maximum absolute atomic E-state index is 14.8. The topological polar surface area (TPSA) is 148 Å². The second kappa shape index (κ2) is 10.8. The lowest BCUT2D eigenvalue weighted by Crippen LogP contribution is -2.59. The number of likely N-dealkylation sites (tertiary alicyclic amines) is 1. The SMILES string of the molecule is COc1ccc2c(c1F)C(=O)N(C[C@](N)(C#Cc1ccc(C3(C(N)=O)CCN(C)CC3)cc1)C(=O)NC=O)C2. The number of methoxy groups -OCH3 is 1. The standard InChI is InChI=1S/C28H30FN5O5/c1-33-13-11-27(12-14-33,25(30)37)20-6-3-18(4-7-20)9-10-28(31,26(38)32-17-35)16-34-15-19-5-8-21(39-2)23(29)22(19)24(34)36/h3-8,17H,11-16,31H2,1-2H3,(H2,30,37)(H,32,35,38)/t28-/m1/s1. The van der Waals surface area contributed by atoms with E-state index in [2.05, 4.69) is 16.7 Å². The largest absolute Gasteiger partial charge is 0.494 e. The number of ether oxygens (including phenoxy) is 1. The third-order valence-electron chi connectivity index (χ3n) is 7.49. The quantitative estimate of drug-likeness (QED) is 0.340. The molecule has 2 aliphatic heterocycles. The monoisotopic (exact) mass is 535 g/mol. The zero-order valence-electron chi connectivity index (χ0n) is 21.8. The van der Waals surface area contributed by atoms with Gasteiger partial charge in [-0.2, -0.15) is 0 Å². The highest BCUT2D eigenvalue weighted by atomic mass is 19.1. The van der Waals surface area contributed by atoms with Crippen LogP contribution in [0.2, 0.25) is 0 Å². The van der Waals surface area contributed by atoms with Gasteiger partial charge in [0.25, 0.3) is 11.8 Å². The van der Waals surface area contributed by atoms with Gasteiger partial charge in [0.1, 0.15) is 0 Å². The molecule has 1 fully saturated rings. The Hall–Kier alpha value is -4.27. The highest BCUT2D eigenvalue weighted by Gasteiger charge is 2.42. The summed E-state index contributed by atoms with van der Waals surface area (Å²) in [6, 6.07) is 9.93. The first-order chi connectivity index (χ1) is 18.5. The van der Waals surface area contributed by atoms with E-state index in [1.807, 2.05) is 12.4 Å². The summed E-state index contributed by atoms with van der Waals surface area (Å²) >= 11 is 0. The van der Waals surface area contributed by atoms with Crippen LogP contribution in [0.5, 0.6) is 5.75 Å². The van der Waals surface area contributed by atoms with Gasteiger partial charge >= 0.3 is 0 Å². The second-order valence-electron chi connectivity index (χ2n) is 9.92. The molecule has 2 aromatic carbocycles. The molecule has 1 saturated heterocycles. The van der Waals surface area contributed by atoms with Crippen molar-refractivity contribution >= 4 is 24.1 Å². The molecular formula is C28H30FN5O5. The Kier molecular flexibility index (Phi) is 7.72. The maximum atomic E-state index is 14.8. The molecule has 0 aromatic heterocycles. The first-order valence-corrected chi connectivity index (χ1v) is 12.3. The lowest BCUT2D eigenvalue weighted by molar-refractivity contribution is -0.128. The molecule has 0 aliphatic carbocycles. The number of carbonyl (C=O) groups is 4. The van der Waals surface area contributed by atoms with Crippen LogP contribution in [-0.2, 0) is 26.3 Å². The van der Waals surface area contributed by atoms with Gasteiger partial charge in [-0.15, -0.1) is 0 Å². The van der Waals surface area contributed by atoms with Crippen molar-refractivity contribution in [1.82, 2.24) is 15.1 Å². The van der Waals surface area contributed by atoms with Crippen LogP contribution in [0.25, 0.3) is 0 Å². The van der Waals surface area contributed by atoms with Crippen molar-refractivity contribution in [2.75, 3.05) is 33.8 Å². The zero-order valence-corrected chi connectivity index (χ0v) is 21.8. The first kappa shape index (κ1) is 27.8. The fraction of sp³-hybridized carbons (Fsp3) is 0.357. The second-order valence-corrected chi connectivity index (χ2v) is 9.92. The number of hydrogen-bond acceptors (Lipinski definition) is 7. The summed E-state index contributed by atoms with van der Waals surface area (Å²) < 4.78 is 19.7. The molecule has 0 saturated carbocycles. The predicted octanol–water partition coefficient (Wildman–Crippen LogP) is 0.261. The first-order valence-electron chi connectivity index (χ1n) is 12.3. The van der Waals surface area contributed by atoms with Gasteiger partial charge in [-0.3, -0.25) is 24.5 Å². The fourth-order valence-electron chi connectivity index (χ4n) is 5.07. The molecule has 5 N–H and O–H groups in total. The number of carbonyl (C=O) groups excluding carboxylic acids is 4. The average molecular weight is 536 g/mol. The third-order valence-corrected chi connectivity index (χ3v) is 7.49. The molecule has 1 atom stereocenters. The van der Waals surface area contributed by atoms with Crippen molar-refractivity contribution in [3.05, 3.63) is 64.5 Å². The third kappa shape index (κ3) is 5.21. The molecule has 2 aromatic rings. The van der Waals surface area contributed by atoms with Crippen LogP contribution in [0.15, 0.2) is 36.4 Å². The molecule has 11 heteroatoms. The van der Waals surface area contributed by atoms with E-state index in [0.29, 0.717) is 24.0 Å². The van der Waals surface area contributed by atoms with Gasteiger partial charge in [0, 0.05) is 12.1 Å². The van der Waals surface area contributed by atoms with Crippen molar-refractivity contribution in [2.45, 2.75) is 30.3 Å². The van der Waals surface area contributed by atoms with Crippen LogP contribution < -0.4 is 21.5 Å². The van der Waals surface area contributed by atoms with Gasteiger partial charge in [0.15, 0.2) is 17.1 Å². The summed E-state index contributed by atoms with van der Waals surface area (Å²) in [4.78, 5) is 52.5. The van der Waals surface area contributed by atoms with Crippen molar-refractivity contribution in [2.24, 2.45) is 11.5 Å². The normalized spacial score (nSPS) is 17.8. The minimum atomic E-state index is -1.99. The number of halogens is 1. The van der Waals surface area contributed by atoms with Gasteiger partial charge in [0.05, 0.1) is 24.6 Å². The van der Waals surface area contributed by atoms with Crippen molar-refractivity contribution < 1.29 is 28.3 Å². The number of hydrogen-bond donors (Lipinski definition) is 3. The lowest BCUT2D eigenvalue weighted by atomic mass is 9.72. The van der Waals surface area contributed by atoms with Gasteiger partial charge in [-0.1, -0.05) is 30.0 Å². The molecule has 0 bridgehead atoms. The Morgan fingerprint density at radius 3 is 2.46 bits per heavy atom. The molecule has 4 amide bonds. The Labute approximate surface area is 225 Å². The summed E-state index contributed by atoms with van der Waals surface area (Å²) in [7, 11) is 3.28. The van der Waals surface area contributed by atoms with Crippen molar-refractivity contribution in [3.8, 4) is 17.6 Å². The highest BCUT2D eigenvalue weighted by molar-refractivity contribution is 6.01. The molecule has 39 heavy (non-hydrogen) atoms. The number of benzene rings is 2. The fourth-order valence-corrected chi connectivity index (χ4v) is 5.07. The molecule has 204 valence electrons. The number of imide groups is 1. The molecule has 4 rings (SSSR count). The van der Waals surface area contributed by atoms with E-state index >= 15 is 0 Å². The number of nitrogens with zero attached hydrogens (tertiary/aromatic N) is 2. The Balaban J connectivity index is 1.59. The Morgan fingerprint density at radius 2 is 1.87 bits per heavy atom. The zero-order chi connectivity index (χ0) is 28.4. The minimum absolute atomic E-state index is 0.00314. The van der Waals surface area contributed by atoms with Gasteiger partial charge in [-0.05, 0) is 62.3 Å². The Bertz CT molecular complexity index is 1380. The van der Waals surface area contributed by atoms with Crippen LogP contribution in [0, 0.1) is 17.7 Å². The minimum Gasteiger partial charge on any atom is -0.494 e. The van der Waals surface area contributed by atoms with E-state index < -0.39 is 35.1 Å². The van der Waals surface area contributed by atoms with Crippen molar-refractivity contribution in [1.29, 1.82) is 0 Å². The molecule has 0 unspecified atom stereocenters. The number of nitrogens with two attached hydrogens (primary N) is 2. The average Bonchev–Trinajstić information content (AvgIpc) is 3.23. The number of rotatable bonds is 7. The molecule has 10 nitrogen and oxygen atoms in total. The molecule has 0 spiro atoms. The van der Waals surface area contributed by atoms with Crippen LogP contribution in [0.4, 0.5) is 4.39 Å². The molecule has 2 heterocycles. The summed E-state index contributed by atoms with van der Waals surface area (Å²) in [5.74, 6) is 2.68. The highest BCUT2D eigenvalue weighted by Crippen LogP contribution is 2.35. The van der Waals surface area contributed by atoms with E-state index in [1.54, 1.807) is 30.3 Å². The number of primary amides is 1. The van der Waals surface area contributed by atoms with Crippen LogP contribution in [-0.4, -0.2) is 73.3 Å². The van der Waals surface area contributed by atoms with E-state index in [4.69, 9.17) is 16.2 Å². The van der Waals surface area contributed by atoms with E-state index in [-0.39, 0.29) is 30.2 Å². The van der Waals surface area contributed by atoms with Crippen molar-refractivity contribution in [3.63, 3.8) is 0 Å². The van der Waals surface area contributed by atoms with Gasteiger partial charge in [0.2, 0.25) is 12.3 Å². The predicted molar refractivity (Wildman–Crippen MR) is 140 cm³/mol. The van der Waals surface area contributed by atoms with E-state index in [9.17, 15) is 23.6 Å². The number of fused-ring (bicyclic) bond motifs is 1. The number of nitrogens with one attached hydrogen (secondary N) is 1. The smallest absolute Gasteiger partial charge is 0.260 e. The summed E-state index contributed by atoms with van der Waals surface area (Å²) in [5, 5.41) is 2.00.